The molecular formula is C64H43NOS. The standard InChI is InChI=1S/C64H43NOS/c1-63(2)52-21-7-9-23-54(52)64(55-24-10-8-22-53(55)63)51-20-6-3-15-46(51)47-38-33-42(39-56(47)64)40-29-34-43(35-30-40)65(57-25-14-27-59-61(57)50-17-4-11-26-58(50)66-59)44-36-31-41(32-37-44)45-18-13-19-49-48-16-5-12-28-60(48)67-62(45)49/h3-39H,1-2H3. The Labute approximate surface area is 393 Å². The Hall–Kier alpha value is -7.98. The molecule has 0 amide bonds. The SMILES string of the molecule is CC1(C)c2ccccc2C2(c3ccccc3-c3ccc(-c4ccc(N(c5ccc(-c6cccc7c6sc6ccccc67)cc5)c5cccc6oc7ccccc7c56)cc4)cc32)c2ccccc21. The minimum Gasteiger partial charge on any atom is -0.456 e. The van der Waals surface area contributed by atoms with E-state index in [0.29, 0.717) is 0 Å². The highest BCUT2D eigenvalue weighted by Gasteiger charge is 2.53. The molecule has 0 atom stereocenters. The van der Waals surface area contributed by atoms with Crippen molar-refractivity contribution in [1.29, 1.82) is 0 Å². The van der Waals surface area contributed by atoms with Gasteiger partial charge in [0.15, 0.2) is 0 Å². The molecule has 0 N–H and O–H groups in total. The third-order valence-electron chi connectivity index (χ3n) is 15.0. The van der Waals surface area contributed by atoms with Crippen LogP contribution in [0.5, 0.6) is 0 Å². The van der Waals surface area contributed by atoms with E-state index in [1.807, 2.05) is 17.4 Å². The second-order valence-electron chi connectivity index (χ2n) is 18.7. The van der Waals surface area contributed by atoms with Crippen molar-refractivity contribution in [3.05, 3.63) is 258 Å². The Morgan fingerprint density at radius 1 is 0.388 bits per heavy atom. The number of rotatable bonds is 5. The maximum atomic E-state index is 6.47. The van der Waals surface area contributed by atoms with Crippen LogP contribution in [-0.4, -0.2) is 0 Å². The van der Waals surface area contributed by atoms with Crippen molar-refractivity contribution in [3.63, 3.8) is 0 Å². The Morgan fingerprint density at radius 2 is 0.925 bits per heavy atom. The zero-order chi connectivity index (χ0) is 44.4. The van der Waals surface area contributed by atoms with Gasteiger partial charge in [0.2, 0.25) is 0 Å². The van der Waals surface area contributed by atoms with Crippen LogP contribution in [0.3, 0.4) is 0 Å². The lowest BCUT2D eigenvalue weighted by Gasteiger charge is -2.46. The van der Waals surface area contributed by atoms with Crippen LogP contribution >= 0.6 is 11.3 Å². The van der Waals surface area contributed by atoms with Gasteiger partial charge in [-0.05, 0) is 121 Å². The van der Waals surface area contributed by atoms with Crippen molar-refractivity contribution in [2.45, 2.75) is 24.7 Å². The van der Waals surface area contributed by atoms with Gasteiger partial charge in [-0.2, -0.15) is 0 Å². The molecule has 2 aliphatic carbocycles. The molecule has 67 heavy (non-hydrogen) atoms. The van der Waals surface area contributed by atoms with E-state index in [-0.39, 0.29) is 5.41 Å². The minimum absolute atomic E-state index is 0.143. The van der Waals surface area contributed by atoms with Gasteiger partial charge < -0.3 is 9.32 Å². The Kier molecular flexibility index (Phi) is 8.15. The van der Waals surface area contributed by atoms with Crippen molar-refractivity contribution >= 4 is 70.5 Å². The van der Waals surface area contributed by atoms with Gasteiger partial charge in [0.05, 0.1) is 16.5 Å². The Balaban J connectivity index is 0.918. The van der Waals surface area contributed by atoms with Crippen LogP contribution in [0, 0.1) is 0 Å². The molecular weight excluding hydrogens is 831 g/mol. The summed E-state index contributed by atoms with van der Waals surface area (Å²) in [6.07, 6.45) is 0. The summed E-state index contributed by atoms with van der Waals surface area (Å²) in [6.45, 7) is 4.77. The minimum atomic E-state index is -0.442. The monoisotopic (exact) mass is 873 g/mol. The highest BCUT2D eigenvalue weighted by Crippen LogP contribution is 2.62. The van der Waals surface area contributed by atoms with E-state index in [1.165, 1.54) is 86.9 Å². The van der Waals surface area contributed by atoms with Gasteiger partial charge in [0.25, 0.3) is 0 Å². The molecule has 2 nitrogen and oxygen atoms in total. The zero-order valence-corrected chi connectivity index (χ0v) is 37.9. The third-order valence-corrected chi connectivity index (χ3v) is 16.2. The summed E-state index contributed by atoms with van der Waals surface area (Å²) in [5.74, 6) is 0. The van der Waals surface area contributed by atoms with Crippen LogP contribution in [-0.2, 0) is 10.8 Å². The number of furan rings is 1. The first kappa shape index (κ1) is 38.3. The van der Waals surface area contributed by atoms with E-state index in [1.54, 1.807) is 0 Å². The number of hydrogen-bond donors (Lipinski definition) is 0. The number of hydrogen-bond acceptors (Lipinski definition) is 3. The summed E-state index contributed by atoms with van der Waals surface area (Å²) >= 11 is 1.87. The van der Waals surface area contributed by atoms with Crippen molar-refractivity contribution in [1.82, 2.24) is 0 Å². The first-order valence-corrected chi connectivity index (χ1v) is 24.1. The number of thiophene rings is 1. The molecule has 14 rings (SSSR count). The smallest absolute Gasteiger partial charge is 0.137 e. The van der Waals surface area contributed by atoms with Gasteiger partial charge in [-0.1, -0.05) is 184 Å². The molecule has 0 saturated carbocycles. The van der Waals surface area contributed by atoms with E-state index in [9.17, 15) is 0 Å². The fourth-order valence-electron chi connectivity index (χ4n) is 12.0. The number of fused-ring (bicyclic) bond motifs is 15. The first-order valence-electron chi connectivity index (χ1n) is 23.2. The highest BCUT2D eigenvalue weighted by molar-refractivity contribution is 7.26. The number of anilines is 3. The summed E-state index contributed by atoms with van der Waals surface area (Å²) in [5.41, 5.74) is 20.1. The van der Waals surface area contributed by atoms with Gasteiger partial charge in [0.1, 0.15) is 11.2 Å². The number of nitrogens with zero attached hydrogens (tertiary/aromatic N) is 1. The summed E-state index contributed by atoms with van der Waals surface area (Å²) < 4.78 is 9.11. The van der Waals surface area contributed by atoms with Gasteiger partial charge in [-0.25, -0.2) is 0 Å². The van der Waals surface area contributed by atoms with Crippen molar-refractivity contribution in [2.24, 2.45) is 0 Å². The fraction of sp³-hybridized carbons (Fsp3) is 0.0625. The van der Waals surface area contributed by atoms with Crippen LogP contribution in [0.2, 0.25) is 0 Å². The van der Waals surface area contributed by atoms with Crippen LogP contribution in [0.1, 0.15) is 47.2 Å². The molecule has 0 radical (unpaired) electrons. The second kappa shape index (κ2) is 14.3. The lowest BCUT2D eigenvalue weighted by Crippen LogP contribution is -2.40. The molecule has 0 saturated heterocycles. The summed E-state index contributed by atoms with van der Waals surface area (Å²) in [5, 5.41) is 4.82. The largest absolute Gasteiger partial charge is 0.456 e. The van der Waals surface area contributed by atoms with Gasteiger partial charge >= 0.3 is 0 Å². The molecule has 0 unspecified atom stereocenters. The van der Waals surface area contributed by atoms with Gasteiger partial charge in [0, 0.05) is 42.3 Å². The summed E-state index contributed by atoms with van der Waals surface area (Å²) in [4.78, 5) is 2.39. The second-order valence-corrected chi connectivity index (χ2v) is 19.8. The topological polar surface area (TPSA) is 16.4 Å². The maximum absolute atomic E-state index is 6.47. The van der Waals surface area contributed by atoms with Crippen molar-refractivity contribution in [3.8, 4) is 33.4 Å². The molecule has 0 aliphatic heterocycles. The lowest BCUT2D eigenvalue weighted by molar-refractivity contribution is 0.563. The average Bonchev–Trinajstić information content (AvgIpc) is 4.05. The molecule has 0 bridgehead atoms. The molecule has 316 valence electrons. The van der Waals surface area contributed by atoms with E-state index in [2.05, 4.69) is 237 Å². The highest BCUT2D eigenvalue weighted by atomic mass is 32.1. The maximum Gasteiger partial charge on any atom is 0.137 e. The number of benzene rings is 10. The van der Waals surface area contributed by atoms with Crippen LogP contribution in [0.15, 0.2) is 229 Å². The molecule has 0 fully saturated rings. The van der Waals surface area contributed by atoms with E-state index < -0.39 is 5.41 Å². The first-order chi connectivity index (χ1) is 33.0. The van der Waals surface area contributed by atoms with Crippen molar-refractivity contribution in [2.75, 3.05) is 4.90 Å². The van der Waals surface area contributed by atoms with Crippen LogP contribution in [0.25, 0.3) is 75.5 Å². The fourth-order valence-corrected chi connectivity index (χ4v) is 13.2. The Morgan fingerprint density at radius 3 is 1.67 bits per heavy atom. The Bertz CT molecular complexity index is 3910. The molecule has 1 spiro atoms. The third kappa shape index (κ3) is 5.38. The normalized spacial score (nSPS) is 14.1. The van der Waals surface area contributed by atoms with E-state index in [4.69, 9.17) is 4.42 Å². The average molecular weight is 874 g/mol. The van der Waals surface area contributed by atoms with Gasteiger partial charge in [-0.15, -0.1) is 11.3 Å². The molecule has 2 aliphatic rings. The van der Waals surface area contributed by atoms with E-state index >= 15 is 0 Å². The molecule has 2 heterocycles. The predicted octanol–water partition coefficient (Wildman–Crippen LogP) is 17.8. The molecule has 3 heteroatoms. The lowest BCUT2D eigenvalue weighted by atomic mass is 9.55. The molecule has 12 aromatic rings. The zero-order valence-electron chi connectivity index (χ0n) is 37.1. The van der Waals surface area contributed by atoms with Gasteiger partial charge in [-0.3, -0.25) is 0 Å². The van der Waals surface area contributed by atoms with Crippen LogP contribution in [0.4, 0.5) is 17.1 Å². The predicted molar refractivity (Wildman–Crippen MR) is 282 cm³/mol. The summed E-state index contributed by atoms with van der Waals surface area (Å²) in [6, 6.07) is 83.1. The van der Waals surface area contributed by atoms with Crippen molar-refractivity contribution < 1.29 is 4.42 Å². The van der Waals surface area contributed by atoms with E-state index in [0.717, 1.165) is 39.0 Å². The summed E-state index contributed by atoms with van der Waals surface area (Å²) in [7, 11) is 0. The van der Waals surface area contributed by atoms with Crippen LogP contribution < -0.4 is 4.90 Å². The number of para-hydroxylation sites is 1. The quantitative estimate of drug-likeness (QED) is 0.171. The molecule has 10 aromatic carbocycles. The molecule has 2 aromatic heterocycles.